The fraction of sp³-hybridized carbons (Fsp3) is 0.462. The SMILES string of the molecule is CNCCNC(=O)c1ccc(NC2CC2)c([N+](=O)[O-])c1. The lowest BCUT2D eigenvalue weighted by molar-refractivity contribution is -0.384. The number of benzene rings is 1. The van der Waals surface area contributed by atoms with Crippen molar-refractivity contribution in [2.75, 3.05) is 25.5 Å². The van der Waals surface area contributed by atoms with Gasteiger partial charge < -0.3 is 16.0 Å². The quantitative estimate of drug-likeness (QED) is 0.394. The molecular formula is C13H18N4O3. The molecule has 1 saturated carbocycles. The molecule has 0 atom stereocenters. The van der Waals surface area contributed by atoms with Gasteiger partial charge in [0.1, 0.15) is 5.69 Å². The summed E-state index contributed by atoms with van der Waals surface area (Å²) in [5, 5.41) is 19.8. The molecule has 0 aromatic heterocycles. The van der Waals surface area contributed by atoms with E-state index in [1.54, 1.807) is 19.2 Å². The molecule has 20 heavy (non-hydrogen) atoms. The Kier molecular flexibility index (Phi) is 4.52. The van der Waals surface area contributed by atoms with Crippen LogP contribution >= 0.6 is 0 Å². The molecular weight excluding hydrogens is 260 g/mol. The molecule has 1 amide bonds. The number of amides is 1. The van der Waals surface area contributed by atoms with Gasteiger partial charge in [-0.1, -0.05) is 0 Å². The Morgan fingerprint density at radius 1 is 1.40 bits per heavy atom. The Labute approximate surface area is 116 Å². The number of nitro benzene ring substituents is 1. The van der Waals surface area contributed by atoms with Crippen LogP contribution in [0.4, 0.5) is 11.4 Å². The Morgan fingerprint density at radius 3 is 2.75 bits per heavy atom. The zero-order valence-corrected chi connectivity index (χ0v) is 11.3. The van der Waals surface area contributed by atoms with Crippen LogP contribution in [0.3, 0.4) is 0 Å². The monoisotopic (exact) mass is 278 g/mol. The van der Waals surface area contributed by atoms with Crippen LogP contribution < -0.4 is 16.0 Å². The van der Waals surface area contributed by atoms with Crippen molar-refractivity contribution >= 4 is 17.3 Å². The normalized spacial score (nSPS) is 13.8. The van der Waals surface area contributed by atoms with E-state index in [2.05, 4.69) is 16.0 Å². The fourth-order valence-corrected chi connectivity index (χ4v) is 1.80. The van der Waals surface area contributed by atoms with Gasteiger partial charge >= 0.3 is 0 Å². The van der Waals surface area contributed by atoms with Crippen molar-refractivity contribution < 1.29 is 9.72 Å². The van der Waals surface area contributed by atoms with E-state index in [1.165, 1.54) is 6.07 Å². The molecule has 108 valence electrons. The first-order valence-corrected chi connectivity index (χ1v) is 6.59. The van der Waals surface area contributed by atoms with E-state index in [1.807, 2.05) is 0 Å². The van der Waals surface area contributed by atoms with Gasteiger partial charge in [-0.05, 0) is 32.0 Å². The van der Waals surface area contributed by atoms with E-state index in [-0.39, 0.29) is 11.6 Å². The van der Waals surface area contributed by atoms with Crippen LogP contribution in [0, 0.1) is 10.1 Å². The predicted molar refractivity (Wildman–Crippen MR) is 76.0 cm³/mol. The first kappa shape index (κ1) is 14.3. The number of hydrogen-bond acceptors (Lipinski definition) is 5. The topological polar surface area (TPSA) is 96.3 Å². The van der Waals surface area contributed by atoms with Gasteiger partial charge in [0.15, 0.2) is 0 Å². The number of nitro groups is 1. The number of rotatable bonds is 7. The molecule has 0 aliphatic heterocycles. The average Bonchev–Trinajstić information content (AvgIpc) is 3.23. The molecule has 1 fully saturated rings. The first-order chi connectivity index (χ1) is 9.61. The molecule has 1 aliphatic carbocycles. The second-order valence-corrected chi connectivity index (χ2v) is 4.77. The van der Waals surface area contributed by atoms with Crippen molar-refractivity contribution in [2.24, 2.45) is 0 Å². The van der Waals surface area contributed by atoms with Crippen LogP contribution in [0.1, 0.15) is 23.2 Å². The summed E-state index contributed by atoms with van der Waals surface area (Å²) in [6.07, 6.45) is 2.06. The van der Waals surface area contributed by atoms with Crippen LogP contribution in [0.25, 0.3) is 0 Å². The van der Waals surface area contributed by atoms with Crippen molar-refractivity contribution in [3.05, 3.63) is 33.9 Å². The molecule has 1 aromatic carbocycles. The second kappa shape index (κ2) is 6.33. The zero-order valence-electron chi connectivity index (χ0n) is 11.3. The number of carbonyl (C=O) groups excluding carboxylic acids is 1. The summed E-state index contributed by atoms with van der Waals surface area (Å²) in [4.78, 5) is 22.5. The summed E-state index contributed by atoms with van der Waals surface area (Å²) in [5.41, 5.74) is 0.719. The Hall–Kier alpha value is -2.15. The van der Waals surface area contributed by atoms with Crippen LogP contribution in [0.2, 0.25) is 0 Å². The lowest BCUT2D eigenvalue weighted by atomic mass is 10.1. The summed E-state index contributed by atoms with van der Waals surface area (Å²) >= 11 is 0. The maximum atomic E-state index is 11.9. The van der Waals surface area contributed by atoms with Gasteiger partial charge in [0.25, 0.3) is 11.6 Å². The van der Waals surface area contributed by atoms with Crippen molar-refractivity contribution in [1.29, 1.82) is 0 Å². The van der Waals surface area contributed by atoms with E-state index < -0.39 is 4.92 Å². The molecule has 0 bridgehead atoms. The highest BCUT2D eigenvalue weighted by atomic mass is 16.6. The summed E-state index contributed by atoms with van der Waals surface area (Å²) in [5.74, 6) is -0.304. The minimum atomic E-state index is -0.463. The Morgan fingerprint density at radius 2 is 2.15 bits per heavy atom. The van der Waals surface area contributed by atoms with Crippen molar-refractivity contribution in [1.82, 2.24) is 10.6 Å². The third-order valence-corrected chi connectivity index (χ3v) is 3.05. The van der Waals surface area contributed by atoms with Gasteiger partial charge in [0.05, 0.1) is 4.92 Å². The molecule has 2 rings (SSSR count). The third-order valence-electron chi connectivity index (χ3n) is 3.05. The highest BCUT2D eigenvalue weighted by Gasteiger charge is 2.25. The molecule has 7 nitrogen and oxygen atoms in total. The lowest BCUT2D eigenvalue weighted by Crippen LogP contribution is -2.30. The standard InChI is InChI=1S/C13H18N4O3/c1-14-6-7-15-13(18)9-2-5-11(16-10-3-4-10)12(8-9)17(19)20/h2,5,8,10,14,16H,3-4,6-7H2,1H3,(H,15,18). The number of nitrogens with one attached hydrogen (secondary N) is 3. The molecule has 0 spiro atoms. The summed E-state index contributed by atoms with van der Waals surface area (Å²) < 4.78 is 0. The molecule has 3 N–H and O–H groups in total. The first-order valence-electron chi connectivity index (χ1n) is 6.59. The molecule has 0 unspecified atom stereocenters. The smallest absolute Gasteiger partial charge is 0.293 e. The molecule has 1 aliphatic rings. The van der Waals surface area contributed by atoms with E-state index in [0.29, 0.717) is 30.4 Å². The van der Waals surface area contributed by atoms with Gasteiger partial charge in [0.2, 0.25) is 0 Å². The van der Waals surface area contributed by atoms with Crippen LogP contribution in [0.5, 0.6) is 0 Å². The number of carbonyl (C=O) groups is 1. The number of anilines is 1. The van der Waals surface area contributed by atoms with Gasteiger partial charge in [-0.15, -0.1) is 0 Å². The van der Waals surface area contributed by atoms with E-state index >= 15 is 0 Å². The van der Waals surface area contributed by atoms with Gasteiger partial charge in [0, 0.05) is 30.8 Å². The maximum Gasteiger partial charge on any atom is 0.293 e. The zero-order chi connectivity index (χ0) is 14.5. The number of likely N-dealkylation sites (N-methyl/N-ethyl adjacent to an activating group) is 1. The van der Waals surface area contributed by atoms with Crippen molar-refractivity contribution in [3.63, 3.8) is 0 Å². The van der Waals surface area contributed by atoms with E-state index in [9.17, 15) is 14.9 Å². The minimum Gasteiger partial charge on any atom is -0.377 e. The van der Waals surface area contributed by atoms with Gasteiger partial charge in [-0.2, -0.15) is 0 Å². The Bertz CT molecular complexity index is 514. The van der Waals surface area contributed by atoms with Crippen molar-refractivity contribution in [3.8, 4) is 0 Å². The highest BCUT2D eigenvalue weighted by molar-refractivity contribution is 5.95. The van der Waals surface area contributed by atoms with Crippen LogP contribution in [-0.4, -0.2) is 37.0 Å². The van der Waals surface area contributed by atoms with E-state index in [4.69, 9.17) is 0 Å². The summed E-state index contributed by atoms with van der Waals surface area (Å²) in [6.45, 7) is 1.13. The maximum absolute atomic E-state index is 11.9. The molecule has 0 radical (unpaired) electrons. The molecule has 0 saturated heterocycles. The van der Waals surface area contributed by atoms with Crippen molar-refractivity contribution in [2.45, 2.75) is 18.9 Å². The second-order valence-electron chi connectivity index (χ2n) is 4.77. The highest BCUT2D eigenvalue weighted by Crippen LogP contribution is 2.31. The summed E-state index contributed by atoms with van der Waals surface area (Å²) in [6, 6.07) is 4.85. The minimum absolute atomic E-state index is 0.0573. The Balaban J connectivity index is 2.11. The largest absolute Gasteiger partial charge is 0.377 e. The lowest BCUT2D eigenvalue weighted by Gasteiger charge is -2.08. The average molecular weight is 278 g/mol. The van der Waals surface area contributed by atoms with Gasteiger partial charge in [-0.3, -0.25) is 14.9 Å². The third kappa shape index (κ3) is 3.67. The summed E-state index contributed by atoms with van der Waals surface area (Å²) in [7, 11) is 1.79. The van der Waals surface area contributed by atoms with Crippen LogP contribution in [-0.2, 0) is 0 Å². The molecule has 0 heterocycles. The molecule has 7 heteroatoms. The molecule has 1 aromatic rings. The number of nitrogens with zero attached hydrogens (tertiary/aromatic N) is 1. The van der Waals surface area contributed by atoms with E-state index in [0.717, 1.165) is 12.8 Å². The predicted octanol–water partition coefficient (Wildman–Crippen LogP) is 1.12. The fourth-order valence-electron chi connectivity index (χ4n) is 1.80. The number of hydrogen-bond donors (Lipinski definition) is 3. The van der Waals surface area contributed by atoms with Crippen LogP contribution in [0.15, 0.2) is 18.2 Å². The van der Waals surface area contributed by atoms with Gasteiger partial charge in [-0.25, -0.2) is 0 Å².